The van der Waals surface area contributed by atoms with Gasteiger partial charge in [0.1, 0.15) is 6.04 Å². The maximum Gasteiger partial charge on any atom is 0.269 e. The monoisotopic (exact) mass is 367 g/mol. The third kappa shape index (κ3) is 3.53. The molecule has 2 aromatic rings. The van der Waals surface area contributed by atoms with E-state index in [1.54, 1.807) is 11.8 Å². The average molecular weight is 367 g/mol. The molecule has 7 nitrogen and oxygen atoms in total. The van der Waals surface area contributed by atoms with Crippen LogP contribution in [0, 0.1) is 24.0 Å². The molecular weight excluding hydrogens is 346 g/mol. The van der Waals surface area contributed by atoms with E-state index in [-0.39, 0.29) is 17.5 Å². The fraction of sp³-hybridized carbons (Fsp3) is 0.300. The normalized spacial score (nSPS) is 17.1. The van der Waals surface area contributed by atoms with Crippen molar-refractivity contribution in [3.63, 3.8) is 0 Å². The lowest BCUT2D eigenvalue weighted by Crippen LogP contribution is -2.58. The van der Waals surface area contributed by atoms with E-state index in [2.05, 4.69) is 0 Å². The number of hydrogen-bond acceptors (Lipinski definition) is 4. The Balaban J connectivity index is 1.80. The second kappa shape index (κ2) is 7.19. The molecule has 1 saturated heterocycles. The molecule has 7 heteroatoms. The number of carbonyl (C=O) groups is 2. The van der Waals surface area contributed by atoms with Crippen LogP contribution in [-0.4, -0.2) is 40.8 Å². The molecule has 3 rings (SSSR count). The van der Waals surface area contributed by atoms with Crippen molar-refractivity contribution in [3.8, 4) is 0 Å². The van der Waals surface area contributed by atoms with Gasteiger partial charge in [0.05, 0.1) is 4.92 Å². The Bertz CT molecular complexity index is 908. The summed E-state index contributed by atoms with van der Waals surface area (Å²) in [5.74, 6) is -0.434. The van der Waals surface area contributed by atoms with Crippen LogP contribution in [0.25, 0.3) is 0 Å². The number of benzene rings is 2. The smallest absolute Gasteiger partial charge is 0.269 e. The zero-order valence-corrected chi connectivity index (χ0v) is 15.5. The van der Waals surface area contributed by atoms with Crippen LogP contribution in [0.5, 0.6) is 0 Å². The Labute approximate surface area is 157 Å². The number of carbonyl (C=O) groups excluding carboxylic acids is 2. The Morgan fingerprint density at radius 1 is 1.11 bits per heavy atom. The van der Waals surface area contributed by atoms with Gasteiger partial charge in [-0.05, 0) is 50.1 Å². The van der Waals surface area contributed by atoms with Gasteiger partial charge in [0.2, 0.25) is 5.91 Å². The largest absolute Gasteiger partial charge is 0.325 e. The van der Waals surface area contributed by atoms with Crippen LogP contribution in [0.4, 0.5) is 11.4 Å². The maximum atomic E-state index is 12.9. The molecule has 2 aromatic carbocycles. The van der Waals surface area contributed by atoms with E-state index in [0.717, 1.165) is 16.8 Å². The third-order valence-corrected chi connectivity index (χ3v) is 4.90. The molecule has 1 fully saturated rings. The summed E-state index contributed by atoms with van der Waals surface area (Å²) in [6.45, 7) is 6.46. The van der Waals surface area contributed by atoms with Gasteiger partial charge in [-0.25, -0.2) is 0 Å². The van der Waals surface area contributed by atoms with Crippen LogP contribution < -0.4 is 4.90 Å². The van der Waals surface area contributed by atoms with Crippen molar-refractivity contribution >= 4 is 23.2 Å². The maximum absolute atomic E-state index is 12.9. The van der Waals surface area contributed by atoms with E-state index in [9.17, 15) is 19.7 Å². The van der Waals surface area contributed by atoms with Crippen molar-refractivity contribution in [1.29, 1.82) is 0 Å². The van der Waals surface area contributed by atoms with Gasteiger partial charge >= 0.3 is 0 Å². The molecule has 0 radical (unpaired) electrons. The summed E-state index contributed by atoms with van der Waals surface area (Å²) in [4.78, 5) is 39.2. The Morgan fingerprint density at radius 2 is 1.78 bits per heavy atom. The number of nitro groups is 1. The highest BCUT2D eigenvalue weighted by Gasteiger charge is 2.35. The summed E-state index contributed by atoms with van der Waals surface area (Å²) in [5, 5.41) is 10.8. The van der Waals surface area contributed by atoms with Gasteiger partial charge in [0, 0.05) is 36.5 Å². The molecule has 1 aliphatic heterocycles. The summed E-state index contributed by atoms with van der Waals surface area (Å²) < 4.78 is 0. The molecule has 1 heterocycles. The summed E-state index contributed by atoms with van der Waals surface area (Å²) in [6.07, 6.45) is 0. The number of anilines is 1. The van der Waals surface area contributed by atoms with Gasteiger partial charge < -0.3 is 9.80 Å². The number of amides is 2. The summed E-state index contributed by atoms with van der Waals surface area (Å²) in [6, 6.07) is 10.8. The van der Waals surface area contributed by atoms with Crippen molar-refractivity contribution < 1.29 is 14.5 Å². The van der Waals surface area contributed by atoms with E-state index < -0.39 is 11.0 Å². The zero-order chi connectivity index (χ0) is 19.7. The van der Waals surface area contributed by atoms with Gasteiger partial charge in [-0.3, -0.25) is 19.7 Å². The molecule has 27 heavy (non-hydrogen) atoms. The van der Waals surface area contributed by atoms with Gasteiger partial charge in [0.25, 0.3) is 11.6 Å². The number of hydrogen-bond donors (Lipinski definition) is 0. The second-order valence-electron chi connectivity index (χ2n) is 6.76. The predicted octanol–water partition coefficient (Wildman–Crippen LogP) is 3.09. The van der Waals surface area contributed by atoms with E-state index in [1.165, 1.54) is 29.2 Å². The van der Waals surface area contributed by atoms with E-state index in [1.807, 2.05) is 32.0 Å². The highest BCUT2D eigenvalue weighted by atomic mass is 16.6. The molecule has 1 aliphatic rings. The lowest BCUT2D eigenvalue weighted by molar-refractivity contribution is -0.384. The van der Waals surface area contributed by atoms with E-state index in [4.69, 9.17) is 0 Å². The van der Waals surface area contributed by atoms with Crippen molar-refractivity contribution in [1.82, 2.24) is 4.90 Å². The van der Waals surface area contributed by atoms with E-state index in [0.29, 0.717) is 18.7 Å². The van der Waals surface area contributed by atoms with Gasteiger partial charge in [-0.15, -0.1) is 0 Å². The molecule has 0 N–H and O–H groups in total. The molecule has 1 unspecified atom stereocenters. The Morgan fingerprint density at radius 3 is 2.41 bits per heavy atom. The first kappa shape index (κ1) is 18.6. The molecule has 140 valence electrons. The minimum atomic E-state index is -0.610. The van der Waals surface area contributed by atoms with Crippen LogP contribution in [0.15, 0.2) is 42.5 Å². The first-order valence-corrected chi connectivity index (χ1v) is 8.73. The lowest BCUT2D eigenvalue weighted by atomic mass is 10.1. The fourth-order valence-electron chi connectivity index (χ4n) is 3.29. The van der Waals surface area contributed by atoms with E-state index >= 15 is 0 Å². The number of rotatable bonds is 3. The zero-order valence-electron chi connectivity index (χ0n) is 15.5. The quantitative estimate of drug-likeness (QED) is 0.616. The van der Waals surface area contributed by atoms with Crippen molar-refractivity contribution in [2.75, 3.05) is 18.0 Å². The molecule has 0 bridgehead atoms. The second-order valence-corrected chi connectivity index (χ2v) is 6.76. The van der Waals surface area contributed by atoms with Crippen LogP contribution in [0.2, 0.25) is 0 Å². The topological polar surface area (TPSA) is 83.8 Å². The van der Waals surface area contributed by atoms with Gasteiger partial charge in [0.15, 0.2) is 0 Å². The predicted molar refractivity (Wildman–Crippen MR) is 102 cm³/mol. The number of piperazine rings is 1. The average Bonchev–Trinajstić information content (AvgIpc) is 2.65. The SMILES string of the molecule is Cc1ccc(C)c(N2CCN(C(=O)c3ccc([N+](=O)[O-])cc3)C(C)C2=O)c1. The number of aryl methyl sites for hydroxylation is 2. The first-order valence-electron chi connectivity index (χ1n) is 8.73. The molecule has 0 aromatic heterocycles. The number of nitro benzene ring substituents is 1. The molecule has 0 saturated carbocycles. The number of nitrogens with zero attached hydrogens (tertiary/aromatic N) is 3. The summed E-state index contributed by atoms with van der Waals surface area (Å²) in [7, 11) is 0. The third-order valence-electron chi connectivity index (χ3n) is 4.90. The molecule has 0 spiro atoms. The summed E-state index contributed by atoms with van der Waals surface area (Å²) >= 11 is 0. The van der Waals surface area contributed by atoms with Crippen molar-refractivity contribution in [2.24, 2.45) is 0 Å². The molecule has 2 amide bonds. The molecular formula is C20H21N3O4. The lowest BCUT2D eigenvalue weighted by Gasteiger charge is -2.39. The van der Waals surface area contributed by atoms with Crippen LogP contribution in [0.3, 0.4) is 0 Å². The van der Waals surface area contributed by atoms with Crippen LogP contribution in [-0.2, 0) is 4.79 Å². The molecule has 0 aliphatic carbocycles. The van der Waals surface area contributed by atoms with Gasteiger partial charge in [-0.1, -0.05) is 12.1 Å². The minimum absolute atomic E-state index is 0.0737. The highest BCUT2D eigenvalue weighted by molar-refractivity contribution is 6.03. The highest BCUT2D eigenvalue weighted by Crippen LogP contribution is 2.26. The minimum Gasteiger partial charge on any atom is -0.325 e. The Kier molecular flexibility index (Phi) is 4.94. The molecule has 1 atom stereocenters. The summed E-state index contributed by atoms with van der Waals surface area (Å²) in [5.41, 5.74) is 3.21. The van der Waals surface area contributed by atoms with Crippen molar-refractivity contribution in [3.05, 3.63) is 69.3 Å². The number of non-ortho nitro benzene ring substituents is 1. The van der Waals surface area contributed by atoms with Crippen LogP contribution >= 0.6 is 0 Å². The van der Waals surface area contributed by atoms with Crippen molar-refractivity contribution in [2.45, 2.75) is 26.8 Å². The standard InChI is InChI=1S/C20H21N3O4/c1-13-4-5-14(2)18(12-13)22-11-10-21(15(3)19(22)24)20(25)16-6-8-17(9-7-16)23(26)27/h4-9,12,15H,10-11H2,1-3H3. The fourth-order valence-corrected chi connectivity index (χ4v) is 3.29. The van der Waals surface area contributed by atoms with Gasteiger partial charge in [-0.2, -0.15) is 0 Å². The first-order chi connectivity index (χ1) is 12.8. The van der Waals surface area contributed by atoms with Crippen LogP contribution in [0.1, 0.15) is 28.4 Å². The Hall–Kier alpha value is -3.22.